The van der Waals surface area contributed by atoms with Gasteiger partial charge < -0.3 is 11.1 Å². The Balaban J connectivity index is 1.80. The summed E-state index contributed by atoms with van der Waals surface area (Å²) in [6, 6.07) is 8.80. The molecule has 10 heteroatoms. The minimum Gasteiger partial charge on any atom is -0.364 e. The minimum atomic E-state index is -0.650. The maximum atomic E-state index is 12.4. The quantitative estimate of drug-likeness (QED) is 0.407. The number of hydrogen-bond donors (Lipinski definition) is 2. The molecule has 0 bridgehead atoms. The van der Waals surface area contributed by atoms with Gasteiger partial charge in [-0.25, -0.2) is 15.0 Å². The van der Waals surface area contributed by atoms with Crippen LogP contribution in [0.2, 0.25) is 10.0 Å². The highest BCUT2D eigenvalue weighted by atomic mass is 35.5. The van der Waals surface area contributed by atoms with Gasteiger partial charge in [-0.05, 0) is 24.3 Å². The predicted octanol–water partition coefficient (Wildman–Crippen LogP) is 4.45. The van der Waals surface area contributed by atoms with Crippen molar-refractivity contribution < 1.29 is 4.79 Å². The fourth-order valence-corrected chi connectivity index (χ4v) is 4.17. The van der Waals surface area contributed by atoms with Crippen molar-refractivity contribution in [2.24, 2.45) is 5.73 Å². The first kappa shape index (κ1) is 20.2. The maximum Gasteiger partial charge on any atom is 0.268 e. The van der Waals surface area contributed by atoms with E-state index in [1.165, 1.54) is 0 Å². The molecule has 4 heterocycles. The monoisotopic (exact) mass is 463 g/mol. The molecule has 0 atom stereocenters. The van der Waals surface area contributed by atoms with Gasteiger partial charge in [-0.2, -0.15) is 0 Å². The molecule has 3 N–H and O–H groups in total. The Morgan fingerprint density at radius 2 is 1.72 bits per heavy atom. The Labute approximate surface area is 192 Å². The Morgan fingerprint density at radius 1 is 1.03 bits per heavy atom. The number of rotatable bonds is 4. The van der Waals surface area contributed by atoms with Crippen molar-refractivity contribution >= 4 is 51.6 Å². The fourth-order valence-electron chi connectivity index (χ4n) is 3.60. The van der Waals surface area contributed by atoms with Crippen molar-refractivity contribution in [3.63, 3.8) is 0 Å². The number of fused-ring (bicyclic) bond motifs is 3. The lowest BCUT2D eigenvalue weighted by Gasteiger charge is -2.06. The van der Waals surface area contributed by atoms with Crippen LogP contribution in [0.3, 0.4) is 0 Å². The molecule has 0 unspecified atom stereocenters. The van der Waals surface area contributed by atoms with E-state index < -0.39 is 5.91 Å². The Morgan fingerprint density at radius 3 is 2.38 bits per heavy atom. The second kappa shape index (κ2) is 7.74. The van der Waals surface area contributed by atoms with Crippen LogP contribution >= 0.6 is 23.2 Å². The second-order valence-corrected chi connectivity index (χ2v) is 7.80. The summed E-state index contributed by atoms with van der Waals surface area (Å²) in [5, 5.41) is 4.35. The van der Waals surface area contributed by atoms with Gasteiger partial charge in [0.15, 0.2) is 0 Å². The van der Waals surface area contributed by atoms with Gasteiger partial charge in [0.2, 0.25) is 5.95 Å². The molecule has 0 aliphatic carbocycles. The van der Waals surface area contributed by atoms with Gasteiger partial charge in [0.25, 0.3) is 5.91 Å². The van der Waals surface area contributed by atoms with Crippen LogP contribution in [-0.2, 0) is 0 Å². The SMILES string of the molecule is CNc1ncc(-c2cnc3ccn4c(C(N)=O)c(-c5c(Cl)cccc5Cl)nc4c3c2)cn1. The molecule has 0 fully saturated rings. The molecule has 0 aliphatic rings. The first-order valence-electron chi connectivity index (χ1n) is 9.53. The van der Waals surface area contributed by atoms with Crippen molar-refractivity contribution in [1.29, 1.82) is 0 Å². The van der Waals surface area contributed by atoms with Crippen LogP contribution in [-0.4, -0.2) is 37.3 Å². The number of anilines is 1. The highest BCUT2D eigenvalue weighted by molar-refractivity contribution is 6.39. The molecule has 5 aromatic rings. The molecule has 8 nitrogen and oxygen atoms in total. The van der Waals surface area contributed by atoms with Crippen LogP contribution in [0.5, 0.6) is 0 Å². The summed E-state index contributed by atoms with van der Waals surface area (Å²) >= 11 is 12.8. The summed E-state index contributed by atoms with van der Waals surface area (Å²) in [4.78, 5) is 30.2. The molecule has 0 saturated carbocycles. The standard InChI is InChI=1S/C22H15Cl2N7O/c1-26-22-28-9-12(10-29-22)11-7-13-16(27-8-11)5-6-31-19(20(25)32)18(30-21(13)31)17-14(23)3-2-4-15(17)24/h2-10H,1H3,(H2,25,32)(H,26,28,29). The van der Waals surface area contributed by atoms with Gasteiger partial charge in [-0.3, -0.25) is 14.2 Å². The zero-order valence-electron chi connectivity index (χ0n) is 16.7. The van der Waals surface area contributed by atoms with Crippen molar-refractivity contribution in [3.8, 4) is 22.4 Å². The van der Waals surface area contributed by atoms with Crippen LogP contribution in [0.25, 0.3) is 38.9 Å². The van der Waals surface area contributed by atoms with Crippen molar-refractivity contribution in [3.05, 3.63) is 70.9 Å². The average molecular weight is 464 g/mol. The molecule has 0 radical (unpaired) electrons. The summed E-state index contributed by atoms with van der Waals surface area (Å²) in [7, 11) is 1.75. The molecule has 1 aromatic carbocycles. The van der Waals surface area contributed by atoms with Crippen molar-refractivity contribution in [1.82, 2.24) is 24.3 Å². The number of imidazole rings is 1. The lowest BCUT2D eigenvalue weighted by atomic mass is 10.1. The van der Waals surface area contributed by atoms with Gasteiger partial charge >= 0.3 is 0 Å². The Kier molecular flexibility index (Phi) is 4.88. The zero-order chi connectivity index (χ0) is 22.4. The van der Waals surface area contributed by atoms with Crippen LogP contribution in [0.4, 0.5) is 5.95 Å². The number of nitrogens with zero attached hydrogens (tertiary/aromatic N) is 5. The topological polar surface area (TPSA) is 111 Å². The first-order chi connectivity index (χ1) is 15.5. The maximum absolute atomic E-state index is 12.4. The number of nitrogens with two attached hydrogens (primary N) is 1. The van der Waals surface area contributed by atoms with E-state index in [1.807, 2.05) is 6.07 Å². The number of benzene rings is 1. The number of hydrogen-bond acceptors (Lipinski definition) is 6. The molecule has 1 amide bonds. The van der Waals surface area contributed by atoms with Crippen molar-refractivity contribution in [2.45, 2.75) is 0 Å². The van der Waals surface area contributed by atoms with Gasteiger partial charge in [0.05, 0.1) is 15.6 Å². The van der Waals surface area contributed by atoms with Gasteiger partial charge in [-0.15, -0.1) is 0 Å². The lowest BCUT2D eigenvalue weighted by molar-refractivity contribution is 0.0995. The largest absolute Gasteiger partial charge is 0.364 e. The van der Waals surface area contributed by atoms with E-state index in [0.717, 1.165) is 16.5 Å². The Hall–Kier alpha value is -3.75. The normalized spacial score (nSPS) is 11.2. The third-order valence-electron chi connectivity index (χ3n) is 5.09. The van der Waals surface area contributed by atoms with E-state index in [1.54, 1.807) is 60.5 Å². The molecule has 0 saturated heterocycles. The van der Waals surface area contributed by atoms with Crippen LogP contribution in [0.1, 0.15) is 10.5 Å². The fraction of sp³-hybridized carbons (Fsp3) is 0.0455. The summed E-state index contributed by atoms with van der Waals surface area (Å²) < 4.78 is 1.63. The lowest BCUT2D eigenvalue weighted by Crippen LogP contribution is -2.15. The number of nitrogens with one attached hydrogen (secondary N) is 1. The third-order valence-corrected chi connectivity index (χ3v) is 5.72. The highest BCUT2D eigenvalue weighted by Gasteiger charge is 2.23. The zero-order valence-corrected chi connectivity index (χ0v) is 18.2. The van der Waals surface area contributed by atoms with Crippen LogP contribution in [0.15, 0.2) is 55.1 Å². The number of aromatic nitrogens is 5. The summed E-state index contributed by atoms with van der Waals surface area (Å²) in [5.74, 6) is -0.131. The Bertz CT molecular complexity index is 1490. The second-order valence-electron chi connectivity index (χ2n) is 6.98. The molecule has 5 rings (SSSR count). The van der Waals surface area contributed by atoms with E-state index in [9.17, 15) is 4.79 Å². The van der Waals surface area contributed by atoms with E-state index in [4.69, 9.17) is 33.9 Å². The van der Waals surface area contributed by atoms with Crippen LogP contribution < -0.4 is 11.1 Å². The highest BCUT2D eigenvalue weighted by Crippen LogP contribution is 2.37. The molecule has 4 aromatic heterocycles. The van der Waals surface area contributed by atoms with Gasteiger partial charge in [-0.1, -0.05) is 29.3 Å². The predicted molar refractivity (Wildman–Crippen MR) is 125 cm³/mol. The van der Waals surface area contributed by atoms with Crippen molar-refractivity contribution in [2.75, 3.05) is 12.4 Å². The van der Waals surface area contributed by atoms with E-state index in [-0.39, 0.29) is 5.69 Å². The number of carbonyl (C=O) groups excluding carboxylic acids is 1. The number of carbonyl (C=O) groups is 1. The molecular formula is C22H15Cl2N7O. The first-order valence-corrected chi connectivity index (χ1v) is 10.3. The molecule has 0 aliphatic heterocycles. The molecule has 32 heavy (non-hydrogen) atoms. The number of pyridine rings is 2. The third kappa shape index (κ3) is 3.21. The molecule has 158 valence electrons. The molecular weight excluding hydrogens is 449 g/mol. The smallest absolute Gasteiger partial charge is 0.268 e. The van der Waals surface area contributed by atoms with E-state index >= 15 is 0 Å². The summed E-state index contributed by atoms with van der Waals surface area (Å²) in [6.45, 7) is 0. The van der Waals surface area contributed by atoms with E-state index in [2.05, 4.69) is 20.3 Å². The van der Waals surface area contributed by atoms with Gasteiger partial charge in [0.1, 0.15) is 17.0 Å². The molecule has 0 spiro atoms. The summed E-state index contributed by atoms with van der Waals surface area (Å²) in [6.07, 6.45) is 6.85. The number of halogens is 2. The number of amides is 1. The number of primary amides is 1. The van der Waals surface area contributed by atoms with Crippen LogP contribution in [0, 0.1) is 0 Å². The minimum absolute atomic E-state index is 0.184. The van der Waals surface area contributed by atoms with E-state index in [0.29, 0.717) is 38.4 Å². The van der Waals surface area contributed by atoms with Gasteiger partial charge in [0, 0.05) is 53.9 Å². The summed E-state index contributed by atoms with van der Waals surface area (Å²) in [5.41, 5.74) is 9.47. The average Bonchev–Trinajstić information content (AvgIpc) is 3.18.